The Kier molecular flexibility index (Phi) is 3.58. The maximum Gasteiger partial charge on any atom is 0.227 e. The highest BCUT2D eigenvalue weighted by atomic mass is 16.2. The summed E-state index contributed by atoms with van der Waals surface area (Å²) in [7, 11) is 0. The molecule has 0 aromatic heterocycles. The third kappa shape index (κ3) is 2.99. The van der Waals surface area contributed by atoms with Gasteiger partial charge in [-0.25, -0.2) is 0 Å². The highest BCUT2D eigenvalue weighted by Gasteiger charge is 2.37. The summed E-state index contributed by atoms with van der Waals surface area (Å²) >= 11 is 0. The molecule has 1 aromatic rings. The number of aryl methyl sites for hydroxylation is 1. The first kappa shape index (κ1) is 12.7. The molecule has 2 aliphatic rings. The van der Waals surface area contributed by atoms with Crippen LogP contribution in [0.1, 0.15) is 49.7 Å². The molecular formula is C17H23NO. The smallest absolute Gasteiger partial charge is 0.227 e. The largest absolute Gasteiger partial charge is 0.336 e. The van der Waals surface area contributed by atoms with Gasteiger partial charge in [-0.3, -0.25) is 4.79 Å². The van der Waals surface area contributed by atoms with Gasteiger partial charge in [0.25, 0.3) is 0 Å². The Morgan fingerprint density at radius 2 is 1.63 bits per heavy atom. The molecule has 0 atom stereocenters. The number of hydrogen-bond acceptors (Lipinski definition) is 1. The SMILES string of the molecule is Cc1ccc(CC(=O)N(C2CCCC2)C2CC2)cc1. The van der Waals surface area contributed by atoms with Gasteiger partial charge in [-0.15, -0.1) is 0 Å². The Bertz CT molecular complexity index is 441. The Balaban J connectivity index is 1.68. The molecule has 0 unspecified atom stereocenters. The van der Waals surface area contributed by atoms with Crippen LogP contribution in [0.2, 0.25) is 0 Å². The van der Waals surface area contributed by atoms with Gasteiger partial charge in [-0.05, 0) is 38.2 Å². The number of hydrogen-bond donors (Lipinski definition) is 0. The van der Waals surface area contributed by atoms with Crippen molar-refractivity contribution >= 4 is 5.91 Å². The van der Waals surface area contributed by atoms with Gasteiger partial charge in [0.2, 0.25) is 5.91 Å². The number of nitrogens with zero attached hydrogens (tertiary/aromatic N) is 1. The number of benzene rings is 1. The summed E-state index contributed by atoms with van der Waals surface area (Å²) in [6, 6.07) is 9.46. The van der Waals surface area contributed by atoms with Gasteiger partial charge in [0.1, 0.15) is 0 Å². The number of carbonyl (C=O) groups is 1. The molecule has 0 radical (unpaired) electrons. The first-order valence-electron chi connectivity index (χ1n) is 7.61. The predicted molar refractivity (Wildman–Crippen MR) is 77.0 cm³/mol. The van der Waals surface area contributed by atoms with Crippen molar-refractivity contribution in [2.75, 3.05) is 0 Å². The van der Waals surface area contributed by atoms with Crippen LogP contribution >= 0.6 is 0 Å². The lowest BCUT2D eigenvalue weighted by Gasteiger charge is -2.29. The van der Waals surface area contributed by atoms with Crippen LogP contribution in [0, 0.1) is 6.92 Å². The van der Waals surface area contributed by atoms with Crippen molar-refractivity contribution in [1.82, 2.24) is 4.90 Å². The van der Waals surface area contributed by atoms with Crippen LogP contribution in [0.15, 0.2) is 24.3 Å². The molecular weight excluding hydrogens is 234 g/mol. The van der Waals surface area contributed by atoms with Gasteiger partial charge in [-0.1, -0.05) is 42.7 Å². The summed E-state index contributed by atoms with van der Waals surface area (Å²) in [5, 5.41) is 0. The molecule has 0 aliphatic heterocycles. The fourth-order valence-corrected chi connectivity index (χ4v) is 3.21. The summed E-state index contributed by atoms with van der Waals surface area (Å²) in [6.07, 6.45) is 8.04. The molecule has 0 heterocycles. The van der Waals surface area contributed by atoms with Gasteiger partial charge < -0.3 is 4.90 Å². The van der Waals surface area contributed by atoms with Crippen molar-refractivity contribution in [1.29, 1.82) is 0 Å². The van der Waals surface area contributed by atoms with Crippen LogP contribution < -0.4 is 0 Å². The third-order valence-electron chi connectivity index (χ3n) is 4.42. The lowest BCUT2D eigenvalue weighted by Crippen LogP contribution is -2.41. The lowest BCUT2D eigenvalue weighted by atomic mass is 10.1. The van der Waals surface area contributed by atoms with Gasteiger partial charge >= 0.3 is 0 Å². The number of rotatable bonds is 4. The highest BCUT2D eigenvalue weighted by molar-refractivity contribution is 5.79. The first-order valence-corrected chi connectivity index (χ1v) is 7.61. The average molecular weight is 257 g/mol. The van der Waals surface area contributed by atoms with Crippen LogP contribution in [0.3, 0.4) is 0 Å². The van der Waals surface area contributed by atoms with E-state index in [4.69, 9.17) is 0 Å². The highest BCUT2D eigenvalue weighted by Crippen LogP contribution is 2.34. The first-order chi connectivity index (χ1) is 9.24. The van der Waals surface area contributed by atoms with Crippen LogP contribution in [0.25, 0.3) is 0 Å². The normalized spacial score (nSPS) is 19.6. The van der Waals surface area contributed by atoms with Crippen LogP contribution in [0.5, 0.6) is 0 Å². The van der Waals surface area contributed by atoms with E-state index in [0.29, 0.717) is 24.4 Å². The molecule has 0 spiro atoms. The van der Waals surface area contributed by atoms with E-state index in [-0.39, 0.29) is 0 Å². The van der Waals surface area contributed by atoms with Crippen LogP contribution in [0.4, 0.5) is 0 Å². The second kappa shape index (κ2) is 5.36. The molecule has 0 bridgehead atoms. The Morgan fingerprint density at radius 3 is 2.21 bits per heavy atom. The van der Waals surface area contributed by atoms with E-state index in [9.17, 15) is 4.79 Å². The Labute approximate surface area is 115 Å². The fraction of sp³-hybridized carbons (Fsp3) is 0.588. The topological polar surface area (TPSA) is 20.3 Å². The molecule has 0 N–H and O–H groups in total. The van der Waals surface area contributed by atoms with E-state index >= 15 is 0 Å². The van der Waals surface area contributed by atoms with E-state index in [2.05, 4.69) is 36.1 Å². The molecule has 2 aliphatic carbocycles. The summed E-state index contributed by atoms with van der Waals surface area (Å²) in [5.74, 6) is 0.346. The van der Waals surface area contributed by atoms with Gasteiger partial charge in [-0.2, -0.15) is 0 Å². The van der Waals surface area contributed by atoms with E-state index in [1.54, 1.807) is 0 Å². The average Bonchev–Trinajstić information content (AvgIpc) is 3.07. The summed E-state index contributed by atoms with van der Waals surface area (Å²) in [6.45, 7) is 2.08. The molecule has 0 saturated heterocycles. The van der Waals surface area contributed by atoms with Crippen molar-refractivity contribution in [3.05, 3.63) is 35.4 Å². The van der Waals surface area contributed by atoms with Crippen LogP contribution in [-0.2, 0) is 11.2 Å². The predicted octanol–water partition coefficient (Wildman–Crippen LogP) is 3.47. The van der Waals surface area contributed by atoms with E-state index < -0.39 is 0 Å². The molecule has 1 amide bonds. The Hall–Kier alpha value is -1.31. The number of amides is 1. The summed E-state index contributed by atoms with van der Waals surface area (Å²) in [4.78, 5) is 14.8. The van der Waals surface area contributed by atoms with Crippen LogP contribution in [-0.4, -0.2) is 22.9 Å². The quantitative estimate of drug-likeness (QED) is 0.808. The molecule has 3 rings (SSSR count). The van der Waals surface area contributed by atoms with Crippen molar-refractivity contribution in [3.8, 4) is 0 Å². The maximum atomic E-state index is 12.6. The van der Waals surface area contributed by atoms with Crippen molar-refractivity contribution in [3.63, 3.8) is 0 Å². The fourth-order valence-electron chi connectivity index (χ4n) is 3.21. The standard InChI is InChI=1S/C17H23NO/c1-13-6-8-14(9-7-13)12-17(19)18(16-10-11-16)15-4-2-3-5-15/h6-9,15-16H,2-5,10-12H2,1H3. The Morgan fingerprint density at radius 1 is 1.05 bits per heavy atom. The van der Waals surface area contributed by atoms with Gasteiger partial charge in [0.05, 0.1) is 6.42 Å². The van der Waals surface area contributed by atoms with E-state index in [1.807, 2.05) is 0 Å². The molecule has 2 heteroatoms. The molecule has 102 valence electrons. The minimum Gasteiger partial charge on any atom is -0.336 e. The molecule has 1 aromatic carbocycles. The van der Waals surface area contributed by atoms with Crippen molar-refractivity contribution < 1.29 is 4.79 Å². The maximum absolute atomic E-state index is 12.6. The monoisotopic (exact) mass is 257 g/mol. The van der Waals surface area contributed by atoms with Crippen molar-refractivity contribution in [2.24, 2.45) is 0 Å². The minimum absolute atomic E-state index is 0.346. The summed E-state index contributed by atoms with van der Waals surface area (Å²) < 4.78 is 0. The minimum atomic E-state index is 0.346. The van der Waals surface area contributed by atoms with Gasteiger partial charge in [0, 0.05) is 12.1 Å². The zero-order chi connectivity index (χ0) is 13.2. The second-order valence-electron chi connectivity index (χ2n) is 6.13. The molecule has 2 nitrogen and oxygen atoms in total. The zero-order valence-electron chi connectivity index (χ0n) is 11.8. The molecule has 2 saturated carbocycles. The lowest BCUT2D eigenvalue weighted by molar-refractivity contribution is -0.133. The molecule has 2 fully saturated rings. The third-order valence-corrected chi connectivity index (χ3v) is 4.42. The van der Waals surface area contributed by atoms with E-state index in [1.165, 1.54) is 44.1 Å². The number of carbonyl (C=O) groups excluding carboxylic acids is 1. The van der Waals surface area contributed by atoms with Crippen molar-refractivity contribution in [2.45, 2.75) is 64.0 Å². The van der Waals surface area contributed by atoms with E-state index in [0.717, 1.165) is 5.56 Å². The summed E-state index contributed by atoms with van der Waals surface area (Å²) in [5.41, 5.74) is 2.41. The second-order valence-corrected chi connectivity index (χ2v) is 6.13. The molecule has 19 heavy (non-hydrogen) atoms. The van der Waals surface area contributed by atoms with Gasteiger partial charge in [0.15, 0.2) is 0 Å². The zero-order valence-corrected chi connectivity index (χ0v) is 11.8.